The number of carbonyl (C=O) groups is 1. The summed E-state index contributed by atoms with van der Waals surface area (Å²) in [5.74, 6) is 0.0594. The zero-order chi connectivity index (χ0) is 22.6. The van der Waals surface area contributed by atoms with E-state index in [1.54, 1.807) is 6.20 Å². The summed E-state index contributed by atoms with van der Waals surface area (Å²) in [6.07, 6.45) is 29.1. The standard InChI is InChI=1S/C26H47N3O2/c1-2-3-4-5-6-7-8-9-10-11-12-13-14-15-16-17-18-19-25-28-21-23-29(25,22-20-27)24-26(30)31/h17-18,21,23H,2-16,19-20,22,24,27H2,1H3/p+1/b18-17+. The number of aliphatic carboxylic acids is 1. The van der Waals surface area contributed by atoms with Gasteiger partial charge in [-0.25, -0.2) is 14.3 Å². The molecule has 1 rings (SSSR count). The number of hydrogen-bond donors (Lipinski definition) is 2. The van der Waals surface area contributed by atoms with Crippen molar-refractivity contribution in [1.29, 1.82) is 0 Å². The monoisotopic (exact) mass is 434 g/mol. The molecule has 31 heavy (non-hydrogen) atoms. The Labute approximate surface area is 191 Å². The third-order valence-corrected chi connectivity index (χ3v) is 6.23. The molecule has 1 unspecified atom stereocenters. The lowest BCUT2D eigenvalue weighted by Gasteiger charge is -2.29. The van der Waals surface area contributed by atoms with Gasteiger partial charge in [-0.1, -0.05) is 103 Å². The van der Waals surface area contributed by atoms with E-state index in [2.05, 4.69) is 24.1 Å². The molecule has 0 aromatic rings. The highest BCUT2D eigenvalue weighted by atomic mass is 16.4. The average molecular weight is 435 g/mol. The van der Waals surface area contributed by atoms with Crippen molar-refractivity contribution in [2.24, 2.45) is 10.7 Å². The zero-order valence-corrected chi connectivity index (χ0v) is 20.1. The Bertz CT molecular complexity index is 557. The van der Waals surface area contributed by atoms with Gasteiger partial charge in [0.15, 0.2) is 6.54 Å². The number of quaternary nitrogens is 1. The van der Waals surface area contributed by atoms with Crippen LogP contribution in [0.15, 0.2) is 29.5 Å². The number of nitrogens with two attached hydrogens (primary N) is 1. The molecule has 1 heterocycles. The minimum atomic E-state index is -0.820. The van der Waals surface area contributed by atoms with E-state index in [1.165, 1.54) is 89.9 Å². The summed E-state index contributed by atoms with van der Waals surface area (Å²) in [6, 6.07) is 0. The Hall–Kier alpha value is -1.46. The molecule has 0 radical (unpaired) electrons. The van der Waals surface area contributed by atoms with Crippen molar-refractivity contribution < 1.29 is 14.4 Å². The van der Waals surface area contributed by atoms with Gasteiger partial charge < -0.3 is 10.8 Å². The average Bonchev–Trinajstić information content (AvgIpc) is 3.11. The van der Waals surface area contributed by atoms with Crippen LogP contribution in [0.1, 0.15) is 110 Å². The van der Waals surface area contributed by atoms with Gasteiger partial charge in [0, 0.05) is 6.54 Å². The highest BCUT2D eigenvalue weighted by Gasteiger charge is 2.36. The topological polar surface area (TPSA) is 75.7 Å². The van der Waals surface area contributed by atoms with Gasteiger partial charge in [-0.3, -0.25) is 0 Å². The summed E-state index contributed by atoms with van der Waals surface area (Å²) in [4.78, 5) is 15.7. The molecule has 0 spiro atoms. The second-order valence-electron chi connectivity index (χ2n) is 9.00. The van der Waals surface area contributed by atoms with E-state index in [-0.39, 0.29) is 11.0 Å². The van der Waals surface area contributed by atoms with Crippen LogP contribution in [0, 0.1) is 0 Å². The smallest absolute Gasteiger partial charge is 0.360 e. The Balaban J connectivity index is 1.99. The SMILES string of the molecule is CCCCCCCCCCCCCCCC/C=C/CC1=NC=C[N+]1(CCN)CC(=O)O. The first-order chi connectivity index (χ1) is 15.1. The van der Waals surface area contributed by atoms with Gasteiger partial charge >= 0.3 is 5.97 Å². The Morgan fingerprint density at radius 1 is 0.935 bits per heavy atom. The minimum absolute atomic E-state index is 0.0132. The number of rotatable bonds is 21. The third-order valence-electron chi connectivity index (χ3n) is 6.23. The van der Waals surface area contributed by atoms with Crippen molar-refractivity contribution in [3.63, 3.8) is 0 Å². The number of hydrogen-bond acceptors (Lipinski definition) is 3. The molecule has 1 aliphatic rings. The number of carboxylic acid groups (broad SMARTS) is 1. The summed E-state index contributed by atoms with van der Waals surface area (Å²) in [6.45, 7) is 3.31. The van der Waals surface area contributed by atoms with Crippen LogP contribution in [0.25, 0.3) is 0 Å². The molecule has 0 saturated carbocycles. The van der Waals surface area contributed by atoms with Crippen LogP contribution in [0.5, 0.6) is 0 Å². The molecule has 1 aliphatic heterocycles. The van der Waals surface area contributed by atoms with Gasteiger partial charge in [0.1, 0.15) is 12.7 Å². The first-order valence-electron chi connectivity index (χ1n) is 12.8. The van der Waals surface area contributed by atoms with E-state index < -0.39 is 5.97 Å². The Kier molecular flexibility index (Phi) is 16.1. The van der Waals surface area contributed by atoms with Crippen LogP contribution >= 0.6 is 0 Å². The summed E-state index contributed by atoms with van der Waals surface area (Å²) in [5, 5.41) is 9.24. The first-order valence-corrected chi connectivity index (χ1v) is 12.8. The second-order valence-corrected chi connectivity index (χ2v) is 9.00. The maximum Gasteiger partial charge on any atom is 0.360 e. The lowest BCUT2D eigenvalue weighted by atomic mass is 10.0. The largest absolute Gasteiger partial charge is 0.477 e. The second kappa shape index (κ2) is 18.1. The first kappa shape index (κ1) is 27.6. The van der Waals surface area contributed by atoms with E-state index in [0.29, 0.717) is 19.5 Å². The van der Waals surface area contributed by atoms with Crippen molar-refractivity contribution in [1.82, 2.24) is 0 Å². The predicted molar refractivity (Wildman–Crippen MR) is 132 cm³/mol. The Morgan fingerprint density at radius 3 is 2.00 bits per heavy atom. The van der Waals surface area contributed by atoms with E-state index in [1.807, 2.05) is 6.20 Å². The summed E-state index contributed by atoms with van der Waals surface area (Å²) >= 11 is 0. The lowest BCUT2D eigenvalue weighted by Crippen LogP contribution is -2.52. The van der Waals surface area contributed by atoms with E-state index in [0.717, 1.165) is 12.3 Å². The molecule has 0 aliphatic carbocycles. The van der Waals surface area contributed by atoms with E-state index >= 15 is 0 Å². The van der Waals surface area contributed by atoms with Gasteiger partial charge in [-0.05, 0) is 12.8 Å². The van der Waals surface area contributed by atoms with Crippen molar-refractivity contribution in [3.05, 3.63) is 24.6 Å². The molecule has 3 N–H and O–H groups in total. The molecular weight excluding hydrogens is 386 g/mol. The lowest BCUT2D eigenvalue weighted by molar-refractivity contribution is -0.777. The molecule has 0 saturated heterocycles. The van der Waals surface area contributed by atoms with Crippen LogP contribution in [0.4, 0.5) is 0 Å². The fourth-order valence-corrected chi connectivity index (χ4v) is 4.34. The summed E-state index contributed by atoms with van der Waals surface area (Å²) in [5.41, 5.74) is 5.71. The molecule has 0 aromatic heterocycles. The molecular formula is C26H48N3O2+. The molecule has 5 nitrogen and oxygen atoms in total. The fraction of sp³-hybridized carbons (Fsp3) is 0.769. The maximum atomic E-state index is 11.3. The van der Waals surface area contributed by atoms with Crippen molar-refractivity contribution in [2.75, 3.05) is 19.6 Å². The molecule has 0 aromatic carbocycles. The molecule has 5 heteroatoms. The zero-order valence-electron chi connectivity index (χ0n) is 20.1. The highest BCUT2D eigenvalue weighted by molar-refractivity contribution is 5.82. The van der Waals surface area contributed by atoms with Crippen molar-refractivity contribution >= 4 is 11.8 Å². The number of nitrogens with zero attached hydrogens (tertiary/aromatic N) is 2. The number of allylic oxidation sites excluding steroid dienone is 1. The van der Waals surface area contributed by atoms with Crippen LogP contribution in [-0.2, 0) is 4.79 Å². The fourth-order valence-electron chi connectivity index (χ4n) is 4.34. The normalized spacial score (nSPS) is 18.2. The van der Waals surface area contributed by atoms with Crippen LogP contribution in [0.2, 0.25) is 0 Å². The number of aliphatic imine (C=N–C) groups is 1. The number of amidine groups is 1. The maximum absolute atomic E-state index is 11.3. The molecule has 178 valence electrons. The van der Waals surface area contributed by atoms with Gasteiger partial charge in [0.05, 0.1) is 12.6 Å². The van der Waals surface area contributed by atoms with Gasteiger partial charge in [-0.2, -0.15) is 0 Å². The van der Waals surface area contributed by atoms with E-state index in [9.17, 15) is 9.90 Å². The van der Waals surface area contributed by atoms with Crippen molar-refractivity contribution in [3.8, 4) is 0 Å². The molecule has 1 atom stereocenters. The minimum Gasteiger partial charge on any atom is -0.477 e. The quantitative estimate of drug-likeness (QED) is 0.122. The molecule has 0 amide bonds. The predicted octanol–water partition coefficient (Wildman–Crippen LogP) is 6.55. The van der Waals surface area contributed by atoms with Crippen molar-refractivity contribution in [2.45, 2.75) is 110 Å². The summed E-state index contributed by atoms with van der Waals surface area (Å²) in [7, 11) is 0. The molecule has 0 bridgehead atoms. The molecule has 0 fully saturated rings. The third kappa shape index (κ3) is 12.9. The number of carboxylic acids is 1. The van der Waals surface area contributed by atoms with Crippen LogP contribution in [-0.4, -0.2) is 41.0 Å². The van der Waals surface area contributed by atoms with Gasteiger partial charge in [0.2, 0.25) is 5.84 Å². The van der Waals surface area contributed by atoms with Crippen LogP contribution in [0.3, 0.4) is 0 Å². The van der Waals surface area contributed by atoms with E-state index in [4.69, 9.17) is 5.73 Å². The van der Waals surface area contributed by atoms with Crippen LogP contribution < -0.4 is 5.73 Å². The Morgan fingerprint density at radius 2 is 1.48 bits per heavy atom. The highest BCUT2D eigenvalue weighted by Crippen LogP contribution is 2.19. The summed E-state index contributed by atoms with van der Waals surface area (Å²) < 4.78 is 0.259. The van der Waals surface area contributed by atoms with Gasteiger partial charge in [-0.15, -0.1) is 0 Å². The number of unbranched alkanes of at least 4 members (excludes halogenated alkanes) is 14. The van der Waals surface area contributed by atoms with Gasteiger partial charge in [0.25, 0.3) is 0 Å².